The van der Waals surface area contributed by atoms with Crippen molar-refractivity contribution in [2.45, 2.75) is 19.1 Å². The lowest BCUT2D eigenvalue weighted by molar-refractivity contribution is 0.0846. The van der Waals surface area contributed by atoms with Crippen molar-refractivity contribution in [1.82, 2.24) is 10.3 Å². The standard InChI is InChI=1S/C12H20N4O2S/c1-12(17,8-19-2)7-14-6-9-3-4-15-10(5-9)11(13)16-18/h3-5,14,17-18H,6-8H2,1-2H3,(H2,13,16). The van der Waals surface area contributed by atoms with Crippen LogP contribution in [0, 0.1) is 0 Å². The number of hydrogen-bond donors (Lipinski definition) is 4. The Morgan fingerprint density at radius 3 is 3.00 bits per heavy atom. The van der Waals surface area contributed by atoms with Gasteiger partial charge in [-0.05, 0) is 30.9 Å². The predicted octanol–water partition coefficient (Wildman–Crippen LogP) is 0.380. The highest BCUT2D eigenvalue weighted by atomic mass is 32.2. The van der Waals surface area contributed by atoms with Crippen molar-refractivity contribution in [3.05, 3.63) is 29.6 Å². The third-order valence-electron chi connectivity index (χ3n) is 2.48. The van der Waals surface area contributed by atoms with Crippen LogP contribution in [-0.2, 0) is 6.54 Å². The molecule has 0 radical (unpaired) electrons. The number of nitrogens with one attached hydrogen (secondary N) is 1. The lowest BCUT2D eigenvalue weighted by atomic mass is 10.1. The topological polar surface area (TPSA) is 104 Å². The third-order valence-corrected chi connectivity index (χ3v) is 3.40. The number of aliphatic hydroxyl groups is 1. The average molecular weight is 284 g/mol. The molecule has 106 valence electrons. The molecule has 1 atom stereocenters. The van der Waals surface area contributed by atoms with Crippen molar-refractivity contribution in [1.29, 1.82) is 0 Å². The summed E-state index contributed by atoms with van der Waals surface area (Å²) in [7, 11) is 0. The summed E-state index contributed by atoms with van der Waals surface area (Å²) < 4.78 is 0. The van der Waals surface area contributed by atoms with Crippen LogP contribution in [0.5, 0.6) is 0 Å². The van der Waals surface area contributed by atoms with Crippen LogP contribution in [0.15, 0.2) is 23.5 Å². The number of nitrogens with zero attached hydrogens (tertiary/aromatic N) is 2. The molecule has 0 bridgehead atoms. The van der Waals surface area contributed by atoms with E-state index in [1.165, 1.54) is 0 Å². The summed E-state index contributed by atoms with van der Waals surface area (Å²) in [6.45, 7) is 2.87. The van der Waals surface area contributed by atoms with E-state index in [-0.39, 0.29) is 5.84 Å². The molecule has 0 aliphatic carbocycles. The van der Waals surface area contributed by atoms with Gasteiger partial charge in [-0.25, -0.2) is 0 Å². The Morgan fingerprint density at radius 1 is 1.63 bits per heavy atom. The number of amidine groups is 1. The summed E-state index contributed by atoms with van der Waals surface area (Å²) in [5.41, 5.74) is 6.12. The first kappa shape index (κ1) is 15.7. The zero-order valence-corrected chi connectivity index (χ0v) is 11.9. The smallest absolute Gasteiger partial charge is 0.188 e. The van der Waals surface area contributed by atoms with Crippen LogP contribution in [-0.4, -0.2) is 45.3 Å². The third kappa shape index (κ3) is 5.46. The van der Waals surface area contributed by atoms with Crippen molar-refractivity contribution < 1.29 is 10.3 Å². The molecule has 1 aromatic heterocycles. The van der Waals surface area contributed by atoms with Gasteiger partial charge in [0.2, 0.25) is 0 Å². The van der Waals surface area contributed by atoms with Crippen LogP contribution in [0.25, 0.3) is 0 Å². The number of hydrogen-bond acceptors (Lipinski definition) is 6. The van der Waals surface area contributed by atoms with E-state index in [0.29, 0.717) is 24.5 Å². The van der Waals surface area contributed by atoms with Crippen LogP contribution in [0.3, 0.4) is 0 Å². The summed E-state index contributed by atoms with van der Waals surface area (Å²) >= 11 is 1.60. The lowest BCUT2D eigenvalue weighted by Crippen LogP contribution is -2.39. The fourth-order valence-corrected chi connectivity index (χ4v) is 2.34. The second-order valence-corrected chi connectivity index (χ2v) is 5.43. The molecule has 6 nitrogen and oxygen atoms in total. The van der Waals surface area contributed by atoms with Gasteiger partial charge in [0.25, 0.3) is 0 Å². The Balaban J connectivity index is 2.54. The molecular weight excluding hydrogens is 264 g/mol. The Hall–Kier alpha value is -1.31. The second-order valence-electron chi connectivity index (χ2n) is 4.57. The molecule has 1 heterocycles. The van der Waals surface area contributed by atoms with Gasteiger partial charge in [0.1, 0.15) is 5.69 Å². The molecule has 0 spiro atoms. The molecule has 19 heavy (non-hydrogen) atoms. The minimum Gasteiger partial charge on any atom is -0.409 e. The molecule has 1 unspecified atom stereocenters. The lowest BCUT2D eigenvalue weighted by Gasteiger charge is -2.22. The van der Waals surface area contributed by atoms with Gasteiger partial charge in [-0.2, -0.15) is 11.8 Å². The SMILES string of the molecule is CSCC(C)(O)CNCc1ccnc(/C(N)=N/O)c1. The second kappa shape index (κ2) is 7.32. The van der Waals surface area contributed by atoms with E-state index in [1.807, 2.05) is 12.3 Å². The molecule has 0 amide bonds. The Labute approximate surface area is 117 Å². The number of oxime groups is 1. The van der Waals surface area contributed by atoms with Gasteiger partial charge in [0.15, 0.2) is 5.84 Å². The van der Waals surface area contributed by atoms with E-state index in [0.717, 1.165) is 5.56 Å². The molecular formula is C12H20N4O2S. The zero-order chi connectivity index (χ0) is 14.3. The van der Waals surface area contributed by atoms with Crippen LogP contribution in [0.1, 0.15) is 18.2 Å². The Kier molecular flexibility index (Phi) is 6.07. The van der Waals surface area contributed by atoms with Crippen molar-refractivity contribution >= 4 is 17.6 Å². The van der Waals surface area contributed by atoms with Gasteiger partial charge in [0, 0.05) is 25.0 Å². The average Bonchev–Trinajstić information content (AvgIpc) is 2.38. The Morgan fingerprint density at radius 2 is 2.37 bits per heavy atom. The van der Waals surface area contributed by atoms with Crippen molar-refractivity contribution in [3.8, 4) is 0 Å². The van der Waals surface area contributed by atoms with E-state index < -0.39 is 5.60 Å². The first-order valence-corrected chi connectivity index (χ1v) is 7.23. The fourth-order valence-electron chi connectivity index (χ4n) is 1.61. The summed E-state index contributed by atoms with van der Waals surface area (Å²) in [5, 5.41) is 24.7. The highest BCUT2D eigenvalue weighted by Gasteiger charge is 2.18. The van der Waals surface area contributed by atoms with Gasteiger partial charge < -0.3 is 21.4 Å². The molecule has 1 aromatic rings. The molecule has 5 N–H and O–H groups in total. The fraction of sp³-hybridized carbons (Fsp3) is 0.500. The first-order chi connectivity index (χ1) is 8.98. The summed E-state index contributed by atoms with van der Waals surface area (Å²) in [6.07, 6.45) is 3.56. The maximum Gasteiger partial charge on any atom is 0.188 e. The van der Waals surface area contributed by atoms with Gasteiger partial charge in [-0.3, -0.25) is 4.98 Å². The molecule has 7 heteroatoms. The molecule has 0 saturated heterocycles. The molecule has 0 saturated carbocycles. The van der Waals surface area contributed by atoms with Crippen molar-refractivity contribution in [2.24, 2.45) is 10.9 Å². The largest absolute Gasteiger partial charge is 0.409 e. The summed E-state index contributed by atoms with van der Waals surface area (Å²) in [6, 6.07) is 3.58. The summed E-state index contributed by atoms with van der Waals surface area (Å²) in [4.78, 5) is 4.00. The normalized spacial score (nSPS) is 15.2. The number of rotatable bonds is 7. The number of aromatic nitrogens is 1. The number of thioether (sulfide) groups is 1. The quantitative estimate of drug-likeness (QED) is 0.250. The van der Waals surface area contributed by atoms with Gasteiger partial charge in [-0.15, -0.1) is 0 Å². The summed E-state index contributed by atoms with van der Waals surface area (Å²) in [5.74, 6) is 0.655. The molecule has 0 aromatic carbocycles. The minimum atomic E-state index is -0.735. The van der Waals surface area contributed by atoms with E-state index in [9.17, 15) is 5.11 Å². The van der Waals surface area contributed by atoms with Crippen molar-refractivity contribution in [2.75, 3.05) is 18.6 Å². The number of pyridine rings is 1. The van der Waals surface area contributed by atoms with Gasteiger partial charge in [0.05, 0.1) is 5.60 Å². The maximum absolute atomic E-state index is 10.0. The first-order valence-electron chi connectivity index (χ1n) is 5.83. The maximum atomic E-state index is 10.0. The van der Waals surface area contributed by atoms with E-state index in [2.05, 4.69) is 15.5 Å². The minimum absolute atomic E-state index is 0.0174. The Bertz CT molecular complexity index is 437. The molecule has 0 aliphatic rings. The van der Waals surface area contributed by atoms with Crippen LogP contribution < -0.4 is 11.1 Å². The van der Waals surface area contributed by atoms with Crippen LogP contribution in [0.2, 0.25) is 0 Å². The highest BCUT2D eigenvalue weighted by Crippen LogP contribution is 2.09. The van der Waals surface area contributed by atoms with E-state index >= 15 is 0 Å². The van der Waals surface area contributed by atoms with Gasteiger partial charge >= 0.3 is 0 Å². The zero-order valence-electron chi connectivity index (χ0n) is 11.1. The van der Waals surface area contributed by atoms with Crippen molar-refractivity contribution in [3.63, 3.8) is 0 Å². The van der Waals surface area contributed by atoms with Crippen LogP contribution in [0.4, 0.5) is 0 Å². The molecule has 0 aliphatic heterocycles. The van der Waals surface area contributed by atoms with Gasteiger partial charge in [-0.1, -0.05) is 5.16 Å². The van der Waals surface area contributed by atoms with Crippen LogP contribution >= 0.6 is 11.8 Å². The number of nitrogens with two attached hydrogens (primary N) is 1. The molecule has 1 rings (SSSR count). The predicted molar refractivity (Wildman–Crippen MR) is 77.5 cm³/mol. The van der Waals surface area contributed by atoms with E-state index in [1.54, 1.807) is 30.9 Å². The highest BCUT2D eigenvalue weighted by molar-refractivity contribution is 7.98. The van der Waals surface area contributed by atoms with E-state index in [4.69, 9.17) is 10.9 Å². The monoisotopic (exact) mass is 284 g/mol. The molecule has 0 fully saturated rings.